The first-order chi connectivity index (χ1) is 11.8. The molecule has 1 amide bonds. The maximum Gasteiger partial charge on any atom is 0.251 e. The van der Waals surface area contributed by atoms with Crippen LogP contribution in [0.4, 0.5) is 5.82 Å². The Labute approximate surface area is 143 Å². The van der Waals surface area contributed by atoms with Gasteiger partial charge in [-0.05, 0) is 37.1 Å². The van der Waals surface area contributed by atoms with Crippen molar-refractivity contribution in [3.8, 4) is 0 Å². The summed E-state index contributed by atoms with van der Waals surface area (Å²) in [5, 5.41) is 2.89. The highest BCUT2D eigenvalue weighted by Crippen LogP contribution is 2.19. The van der Waals surface area contributed by atoms with Gasteiger partial charge in [0, 0.05) is 24.8 Å². The molecule has 24 heavy (non-hydrogen) atoms. The second kappa shape index (κ2) is 6.52. The molecule has 4 rings (SSSR count). The molecule has 1 N–H and O–H groups in total. The van der Waals surface area contributed by atoms with Crippen molar-refractivity contribution in [2.24, 2.45) is 0 Å². The zero-order valence-corrected chi connectivity index (χ0v) is 13.9. The summed E-state index contributed by atoms with van der Waals surface area (Å²) in [6.07, 6.45) is 4.16. The number of benzene rings is 1. The Hall–Kier alpha value is -2.54. The van der Waals surface area contributed by atoms with Crippen LogP contribution in [-0.2, 0) is 6.54 Å². The number of fused-ring (bicyclic) bond motifs is 1. The molecule has 0 atom stereocenters. The normalized spacial score (nSPS) is 14.2. The van der Waals surface area contributed by atoms with E-state index in [-0.39, 0.29) is 5.91 Å². The van der Waals surface area contributed by atoms with Crippen LogP contribution in [0.2, 0.25) is 0 Å². The van der Waals surface area contributed by atoms with Crippen LogP contribution in [0.5, 0.6) is 0 Å². The van der Waals surface area contributed by atoms with E-state index in [0.29, 0.717) is 17.9 Å². The van der Waals surface area contributed by atoms with Gasteiger partial charge in [0.1, 0.15) is 11.6 Å². The fourth-order valence-electron chi connectivity index (χ4n) is 2.85. The van der Waals surface area contributed by atoms with E-state index in [1.54, 1.807) is 17.8 Å². The summed E-state index contributed by atoms with van der Waals surface area (Å²) >= 11 is 1.53. The van der Waals surface area contributed by atoms with E-state index in [1.165, 1.54) is 24.2 Å². The molecule has 0 spiro atoms. The molecule has 3 heterocycles. The van der Waals surface area contributed by atoms with E-state index in [9.17, 15) is 4.79 Å². The van der Waals surface area contributed by atoms with E-state index in [4.69, 9.17) is 0 Å². The van der Waals surface area contributed by atoms with E-state index < -0.39 is 0 Å². The van der Waals surface area contributed by atoms with Crippen LogP contribution in [-0.4, -0.2) is 33.9 Å². The van der Waals surface area contributed by atoms with E-state index in [1.807, 2.05) is 18.2 Å². The standard InChI is InChI=1S/C17H17N5OS/c23-17(12-3-4-13-14(9-12)24-11-20-13)19-10-15-18-6-5-16(21-15)22-7-1-2-8-22/h3-6,9,11H,1-2,7-8,10H2,(H,19,23). The van der Waals surface area contributed by atoms with E-state index in [2.05, 4.69) is 25.2 Å². The third kappa shape index (κ3) is 3.07. The van der Waals surface area contributed by atoms with Gasteiger partial charge in [-0.25, -0.2) is 15.0 Å². The second-order valence-corrected chi connectivity index (χ2v) is 6.63. The van der Waals surface area contributed by atoms with E-state index in [0.717, 1.165) is 29.1 Å². The van der Waals surface area contributed by atoms with Gasteiger partial charge in [0.05, 0.1) is 22.3 Å². The average Bonchev–Trinajstić information content (AvgIpc) is 3.30. The summed E-state index contributed by atoms with van der Waals surface area (Å²) in [4.78, 5) is 27.6. The Morgan fingerprint density at radius 1 is 1.21 bits per heavy atom. The third-order valence-electron chi connectivity index (χ3n) is 4.12. The molecule has 7 heteroatoms. The Balaban J connectivity index is 1.44. The lowest BCUT2D eigenvalue weighted by atomic mass is 10.2. The highest BCUT2D eigenvalue weighted by Gasteiger charge is 2.14. The number of nitrogens with one attached hydrogen (secondary N) is 1. The summed E-state index contributed by atoms with van der Waals surface area (Å²) in [5.41, 5.74) is 3.32. The smallest absolute Gasteiger partial charge is 0.251 e. The molecule has 0 unspecified atom stereocenters. The Morgan fingerprint density at radius 3 is 2.96 bits per heavy atom. The molecule has 0 radical (unpaired) electrons. The van der Waals surface area contributed by atoms with Crippen molar-refractivity contribution in [3.05, 3.63) is 47.4 Å². The molecule has 0 aliphatic carbocycles. The summed E-state index contributed by atoms with van der Waals surface area (Å²) in [5.74, 6) is 1.45. The molecule has 1 aromatic carbocycles. The fourth-order valence-corrected chi connectivity index (χ4v) is 3.57. The van der Waals surface area contributed by atoms with Gasteiger partial charge < -0.3 is 10.2 Å². The molecule has 0 bridgehead atoms. The van der Waals surface area contributed by atoms with Crippen molar-refractivity contribution in [1.29, 1.82) is 0 Å². The van der Waals surface area contributed by atoms with Crippen molar-refractivity contribution in [3.63, 3.8) is 0 Å². The largest absolute Gasteiger partial charge is 0.357 e. The molecular formula is C17H17N5OS. The van der Waals surface area contributed by atoms with Crippen LogP contribution >= 0.6 is 11.3 Å². The molecule has 6 nitrogen and oxygen atoms in total. The predicted molar refractivity (Wildman–Crippen MR) is 94.3 cm³/mol. The Bertz CT molecular complexity index is 872. The molecule has 1 aliphatic rings. The third-order valence-corrected chi connectivity index (χ3v) is 4.91. The predicted octanol–water partition coefficient (Wildman–Crippen LogP) is 2.62. The summed E-state index contributed by atoms with van der Waals surface area (Å²) < 4.78 is 1.01. The van der Waals surface area contributed by atoms with Crippen LogP contribution in [0, 0.1) is 0 Å². The summed E-state index contributed by atoms with van der Waals surface area (Å²) in [6, 6.07) is 7.45. The molecular weight excluding hydrogens is 322 g/mol. The summed E-state index contributed by atoms with van der Waals surface area (Å²) in [7, 11) is 0. The minimum atomic E-state index is -0.125. The number of aromatic nitrogens is 3. The van der Waals surface area contributed by atoms with Crippen LogP contribution in [0.3, 0.4) is 0 Å². The van der Waals surface area contributed by atoms with Gasteiger partial charge >= 0.3 is 0 Å². The number of hydrogen-bond acceptors (Lipinski definition) is 6. The van der Waals surface area contributed by atoms with Gasteiger partial charge in [0.15, 0.2) is 0 Å². The fraction of sp³-hybridized carbons (Fsp3) is 0.294. The van der Waals surface area contributed by atoms with Crippen LogP contribution in [0.15, 0.2) is 36.0 Å². The number of amides is 1. The average molecular weight is 339 g/mol. The zero-order valence-electron chi connectivity index (χ0n) is 13.1. The van der Waals surface area contributed by atoms with E-state index >= 15 is 0 Å². The molecule has 2 aromatic heterocycles. The quantitative estimate of drug-likeness (QED) is 0.791. The Morgan fingerprint density at radius 2 is 2.08 bits per heavy atom. The number of anilines is 1. The van der Waals surface area contributed by atoms with Crippen molar-refractivity contribution in [2.75, 3.05) is 18.0 Å². The van der Waals surface area contributed by atoms with Crippen LogP contribution < -0.4 is 10.2 Å². The number of carbonyl (C=O) groups excluding carboxylic acids is 1. The lowest BCUT2D eigenvalue weighted by molar-refractivity contribution is 0.0950. The number of rotatable bonds is 4. The van der Waals surface area contributed by atoms with Gasteiger partial charge in [0.25, 0.3) is 5.91 Å². The first-order valence-electron chi connectivity index (χ1n) is 7.98. The maximum absolute atomic E-state index is 12.3. The van der Waals surface area contributed by atoms with Crippen molar-refractivity contribution >= 4 is 33.3 Å². The topological polar surface area (TPSA) is 71.0 Å². The molecule has 0 saturated carbocycles. The first-order valence-corrected chi connectivity index (χ1v) is 8.86. The monoisotopic (exact) mass is 339 g/mol. The minimum Gasteiger partial charge on any atom is -0.357 e. The number of carbonyl (C=O) groups is 1. The molecule has 1 fully saturated rings. The van der Waals surface area contributed by atoms with Gasteiger partial charge in [-0.1, -0.05) is 0 Å². The molecule has 1 saturated heterocycles. The molecule has 3 aromatic rings. The van der Waals surface area contributed by atoms with Crippen molar-refractivity contribution in [1.82, 2.24) is 20.3 Å². The minimum absolute atomic E-state index is 0.125. The van der Waals surface area contributed by atoms with Crippen LogP contribution in [0.1, 0.15) is 29.0 Å². The maximum atomic E-state index is 12.3. The van der Waals surface area contributed by atoms with Gasteiger partial charge in [0.2, 0.25) is 0 Å². The number of hydrogen-bond donors (Lipinski definition) is 1. The molecule has 1 aliphatic heterocycles. The van der Waals surface area contributed by atoms with Crippen LogP contribution in [0.25, 0.3) is 10.2 Å². The second-order valence-electron chi connectivity index (χ2n) is 5.74. The highest BCUT2D eigenvalue weighted by molar-refractivity contribution is 7.16. The van der Waals surface area contributed by atoms with Crippen molar-refractivity contribution in [2.45, 2.75) is 19.4 Å². The Kier molecular flexibility index (Phi) is 4.08. The number of nitrogens with zero attached hydrogens (tertiary/aromatic N) is 4. The zero-order chi connectivity index (χ0) is 16.4. The number of thiazole rings is 1. The van der Waals surface area contributed by atoms with Gasteiger partial charge in [-0.2, -0.15) is 0 Å². The van der Waals surface area contributed by atoms with Crippen molar-refractivity contribution < 1.29 is 4.79 Å². The lowest BCUT2D eigenvalue weighted by Crippen LogP contribution is -2.25. The first kappa shape index (κ1) is 15.0. The lowest BCUT2D eigenvalue weighted by Gasteiger charge is -2.16. The molecule has 122 valence electrons. The van der Waals surface area contributed by atoms with Gasteiger partial charge in [-0.15, -0.1) is 11.3 Å². The van der Waals surface area contributed by atoms with Gasteiger partial charge in [-0.3, -0.25) is 4.79 Å². The highest BCUT2D eigenvalue weighted by atomic mass is 32.1. The summed E-state index contributed by atoms with van der Waals surface area (Å²) in [6.45, 7) is 2.40. The SMILES string of the molecule is O=C(NCc1nccc(N2CCCC2)n1)c1ccc2ncsc2c1.